The van der Waals surface area contributed by atoms with E-state index in [-0.39, 0.29) is 12.4 Å². The molecule has 1 atom stereocenters. The van der Waals surface area contributed by atoms with Crippen molar-refractivity contribution in [3.8, 4) is 0 Å². The molecule has 88 valence electrons. The van der Waals surface area contributed by atoms with E-state index in [4.69, 9.17) is 5.11 Å². The topological polar surface area (TPSA) is 35.5 Å². The maximum atomic E-state index is 12.8. The van der Waals surface area contributed by atoms with E-state index in [1.54, 1.807) is 0 Å². The fourth-order valence-electron chi connectivity index (χ4n) is 2.08. The molecule has 1 aliphatic heterocycles. The van der Waals surface area contributed by atoms with Gasteiger partial charge in [-0.3, -0.25) is 0 Å². The Kier molecular flexibility index (Phi) is 3.74. The smallest absolute Gasteiger partial charge is 0.123 e. The van der Waals surface area contributed by atoms with E-state index in [9.17, 15) is 4.39 Å². The third-order valence-corrected chi connectivity index (χ3v) is 2.92. The van der Waals surface area contributed by atoms with Gasteiger partial charge in [0, 0.05) is 31.4 Å². The third-order valence-electron chi connectivity index (χ3n) is 2.92. The molecular formula is C12H17FN2O. The van der Waals surface area contributed by atoms with Gasteiger partial charge in [0.2, 0.25) is 0 Å². The largest absolute Gasteiger partial charge is 0.395 e. The second-order valence-corrected chi connectivity index (χ2v) is 4.09. The lowest BCUT2D eigenvalue weighted by Gasteiger charge is -2.18. The van der Waals surface area contributed by atoms with E-state index in [1.165, 1.54) is 12.1 Å². The monoisotopic (exact) mass is 224 g/mol. The van der Waals surface area contributed by atoms with Gasteiger partial charge < -0.3 is 15.3 Å². The Bertz CT molecular complexity index is 328. The summed E-state index contributed by atoms with van der Waals surface area (Å²) in [5.74, 6) is -0.196. The van der Waals surface area contributed by atoms with Crippen LogP contribution in [-0.2, 0) is 0 Å². The zero-order valence-corrected chi connectivity index (χ0v) is 9.19. The molecule has 2 N–H and O–H groups in total. The van der Waals surface area contributed by atoms with Crippen molar-refractivity contribution in [3.05, 3.63) is 30.1 Å². The van der Waals surface area contributed by atoms with Crippen LogP contribution in [0.2, 0.25) is 0 Å². The van der Waals surface area contributed by atoms with Crippen molar-refractivity contribution < 1.29 is 9.50 Å². The van der Waals surface area contributed by atoms with Gasteiger partial charge in [0.05, 0.1) is 6.61 Å². The van der Waals surface area contributed by atoms with E-state index in [1.807, 2.05) is 12.1 Å². The van der Waals surface area contributed by atoms with Gasteiger partial charge in [-0.15, -0.1) is 0 Å². The molecular weight excluding hydrogens is 207 g/mol. The Morgan fingerprint density at radius 2 is 2.12 bits per heavy atom. The summed E-state index contributed by atoms with van der Waals surface area (Å²) in [6, 6.07) is 7.03. The molecule has 1 aromatic carbocycles. The lowest BCUT2D eigenvalue weighted by molar-refractivity contribution is 0.286. The average molecular weight is 224 g/mol. The fourth-order valence-corrected chi connectivity index (χ4v) is 2.08. The molecule has 2 rings (SSSR count). The summed E-state index contributed by atoms with van der Waals surface area (Å²) in [6.07, 6.45) is 1.07. The zero-order valence-electron chi connectivity index (χ0n) is 9.19. The molecule has 0 aromatic heterocycles. The van der Waals surface area contributed by atoms with Crippen molar-refractivity contribution in [1.82, 2.24) is 5.32 Å². The first-order chi connectivity index (χ1) is 7.79. The number of benzene rings is 1. The second-order valence-electron chi connectivity index (χ2n) is 4.09. The van der Waals surface area contributed by atoms with Crippen LogP contribution in [0.3, 0.4) is 0 Å². The maximum absolute atomic E-state index is 12.8. The molecule has 0 saturated carbocycles. The Morgan fingerprint density at radius 3 is 2.81 bits per heavy atom. The number of aliphatic hydroxyl groups excluding tert-OH is 1. The van der Waals surface area contributed by atoms with Gasteiger partial charge in [0.15, 0.2) is 0 Å². The van der Waals surface area contributed by atoms with Crippen LogP contribution in [0.25, 0.3) is 0 Å². The Labute approximate surface area is 94.9 Å². The number of aliphatic hydroxyl groups is 1. The zero-order chi connectivity index (χ0) is 11.4. The minimum atomic E-state index is -0.196. The Morgan fingerprint density at radius 1 is 1.38 bits per heavy atom. The van der Waals surface area contributed by atoms with Gasteiger partial charge in [-0.05, 0) is 30.7 Å². The molecule has 0 aliphatic carbocycles. The van der Waals surface area contributed by atoms with Gasteiger partial charge in [-0.1, -0.05) is 0 Å². The van der Waals surface area contributed by atoms with Crippen molar-refractivity contribution in [3.63, 3.8) is 0 Å². The standard InChI is InChI=1S/C12H17FN2O/c13-10-1-3-12(4-2-10)15-7-5-11(9-15)14-6-8-16/h1-4,11,14,16H,5-9H2. The molecule has 0 amide bonds. The SMILES string of the molecule is OCCNC1CCN(c2ccc(F)cc2)C1. The van der Waals surface area contributed by atoms with Crippen LogP contribution < -0.4 is 10.2 Å². The van der Waals surface area contributed by atoms with E-state index in [2.05, 4.69) is 10.2 Å². The predicted molar refractivity (Wildman–Crippen MR) is 62.1 cm³/mol. The van der Waals surface area contributed by atoms with E-state index < -0.39 is 0 Å². The predicted octanol–water partition coefficient (Wildman–Crippen LogP) is 0.986. The van der Waals surface area contributed by atoms with Crippen molar-refractivity contribution >= 4 is 5.69 Å². The van der Waals surface area contributed by atoms with Crippen molar-refractivity contribution in [2.75, 3.05) is 31.1 Å². The molecule has 4 heteroatoms. The van der Waals surface area contributed by atoms with Crippen LogP contribution in [0.1, 0.15) is 6.42 Å². The molecule has 1 aromatic rings. The molecule has 1 saturated heterocycles. The summed E-state index contributed by atoms with van der Waals surface area (Å²) in [4.78, 5) is 2.23. The van der Waals surface area contributed by atoms with Gasteiger partial charge in [-0.25, -0.2) is 4.39 Å². The lowest BCUT2D eigenvalue weighted by Crippen LogP contribution is -2.34. The fraction of sp³-hybridized carbons (Fsp3) is 0.500. The number of rotatable bonds is 4. The molecule has 0 radical (unpaired) electrons. The Hall–Kier alpha value is -1.13. The second kappa shape index (κ2) is 5.27. The number of hydrogen-bond acceptors (Lipinski definition) is 3. The van der Waals surface area contributed by atoms with E-state index >= 15 is 0 Å². The highest BCUT2D eigenvalue weighted by Crippen LogP contribution is 2.20. The summed E-state index contributed by atoms with van der Waals surface area (Å²) < 4.78 is 12.8. The molecule has 1 fully saturated rings. The molecule has 0 spiro atoms. The molecule has 16 heavy (non-hydrogen) atoms. The summed E-state index contributed by atoms with van der Waals surface area (Å²) in [6.45, 7) is 2.72. The third kappa shape index (κ3) is 2.71. The van der Waals surface area contributed by atoms with Crippen LogP contribution in [-0.4, -0.2) is 37.4 Å². The van der Waals surface area contributed by atoms with Crippen LogP contribution in [0.15, 0.2) is 24.3 Å². The lowest BCUT2D eigenvalue weighted by atomic mass is 10.2. The molecule has 3 nitrogen and oxygen atoms in total. The maximum Gasteiger partial charge on any atom is 0.123 e. The number of hydrogen-bond donors (Lipinski definition) is 2. The number of nitrogens with one attached hydrogen (secondary N) is 1. The molecule has 1 aliphatic rings. The summed E-state index contributed by atoms with van der Waals surface area (Å²) >= 11 is 0. The van der Waals surface area contributed by atoms with E-state index in [0.717, 1.165) is 25.2 Å². The first-order valence-electron chi connectivity index (χ1n) is 5.64. The van der Waals surface area contributed by atoms with E-state index in [0.29, 0.717) is 12.6 Å². The number of nitrogens with zero attached hydrogens (tertiary/aromatic N) is 1. The summed E-state index contributed by atoms with van der Waals surface area (Å²) in [5.41, 5.74) is 1.06. The van der Waals surface area contributed by atoms with Gasteiger partial charge in [0.25, 0.3) is 0 Å². The minimum absolute atomic E-state index is 0.174. The van der Waals surface area contributed by atoms with Crippen molar-refractivity contribution in [2.24, 2.45) is 0 Å². The average Bonchev–Trinajstić information content (AvgIpc) is 2.76. The number of anilines is 1. The molecule has 1 unspecified atom stereocenters. The van der Waals surface area contributed by atoms with Crippen LogP contribution in [0, 0.1) is 5.82 Å². The van der Waals surface area contributed by atoms with Crippen LogP contribution in [0.4, 0.5) is 10.1 Å². The highest BCUT2D eigenvalue weighted by molar-refractivity contribution is 5.47. The molecule has 0 bridgehead atoms. The normalized spacial score (nSPS) is 20.4. The van der Waals surface area contributed by atoms with Crippen LogP contribution >= 0.6 is 0 Å². The quantitative estimate of drug-likeness (QED) is 0.800. The first kappa shape index (κ1) is 11.4. The summed E-state index contributed by atoms with van der Waals surface area (Å²) in [7, 11) is 0. The number of halogens is 1. The van der Waals surface area contributed by atoms with Gasteiger partial charge in [0.1, 0.15) is 5.82 Å². The van der Waals surface area contributed by atoms with Crippen molar-refractivity contribution in [2.45, 2.75) is 12.5 Å². The van der Waals surface area contributed by atoms with Crippen LogP contribution in [0.5, 0.6) is 0 Å². The minimum Gasteiger partial charge on any atom is -0.395 e. The summed E-state index contributed by atoms with van der Waals surface area (Å²) in [5, 5.41) is 12.0. The van der Waals surface area contributed by atoms with Gasteiger partial charge in [-0.2, -0.15) is 0 Å². The molecule has 1 heterocycles. The highest BCUT2D eigenvalue weighted by Gasteiger charge is 2.21. The van der Waals surface area contributed by atoms with Crippen molar-refractivity contribution in [1.29, 1.82) is 0 Å². The van der Waals surface area contributed by atoms with Gasteiger partial charge >= 0.3 is 0 Å². The Balaban J connectivity index is 1.90. The first-order valence-corrected chi connectivity index (χ1v) is 5.64. The highest BCUT2D eigenvalue weighted by atomic mass is 19.1.